The number of aryl methyl sites for hydroxylation is 2. The van der Waals surface area contributed by atoms with Gasteiger partial charge in [-0.25, -0.2) is 0 Å². The summed E-state index contributed by atoms with van der Waals surface area (Å²) in [6, 6.07) is 17.0. The number of fused-ring (bicyclic) bond motifs is 3. The molecule has 0 radical (unpaired) electrons. The molecule has 4 nitrogen and oxygen atoms in total. The van der Waals surface area contributed by atoms with Gasteiger partial charge in [-0.3, -0.25) is 4.90 Å². The first-order valence-electron chi connectivity index (χ1n) is 10.4. The first-order valence-corrected chi connectivity index (χ1v) is 10.4. The van der Waals surface area contributed by atoms with Crippen molar-refractivity contribution in [1.29, 1.82) is 0 Å². The van der Waals surface area contributed by atoms with Gasteiger partial charge in [0.05, 0.1) is 6.04 Å². The molecule has 1 N–H and O–H groups in total. The summed E-state index contributed by atoms with van der Waals surface area (Å²) in [7, 11) is 0. The molecule has 2 heterocycles. The Bertz CT molecular complexity index is 979. The Morgan fingerprint density at radius 2 is 2.00 bits per heavy atom. The summed E-state index contributed by atoms with van der Waals surface area (Å²) in [6.45, 7) is 5.16. The average Bonchev–Trinajstić information content (AvgIpc) is 3.04. The zero-order valence-electron chi connectivity index (χ0n) is 16.5. The van der Waals surface area contributed by atoms with Gasteiger partial charge in [-0.1, -0.05) is 29.8 Å². The predicted octanol–water partition coefficient (Wildman–Crippen LogP) is 4.08. The number of rotatable bonds is 5. The van der Waals surface area contributed by atoms with Crippen LogP contribution in [0.25, 0.3) is 10.9 Å². The van der Waals surface area contributed by atoms with E-state index in [1.807, 2.05) is 30.3 Å². The summed E-state index contributed by atoms with van der Waals surface area (Å²) >= 11 is 0. The molecule has 0 saturated carbocycles. The smallest absolute Gasteiger partial charge is 0.119 e. The maximum absolute atomic E-state index is 10.6. The molecule has 2 aromatic carbocycles. The van der Waals surface area contributed by atoms with Crippen LogP contribution in [0.2, 0.25) is 0 Å². The molecule has 2 aliphatic rings. The van der Waals surface area contributed by atoms with Crippen LogP contribution in [0.1, 0.15) is 35.7 Å². The highest BCUT2D eigenvalue weighted by Gasteiger charge is 2.35. The number of hydrogen-bond acceptors (Lipinski definition) is 3. The Kier molecular flexibility index (Phi) is 4.61. The van der Waals surface area contributed by atoms with Crippen molar-refractivity contribution >= 4 is 10.9 Å². The van der Waals surface area contributed by atoms with Gasteiger partial charge in [-0.2, -0.15) is 0 Å². The van der Waals surface area contributed by atoms with Gasteiger partial charge in [-0.15, -0.1) is 0 Å². The van der Waals surface area contributed by atoms with Crippen molar-refractivity contribution in [2.24, 2.45) is 0 Å². The molecule has 146 valence electrons. The predicted molar refractivity (Wildman–Crippen MR) is 112 cm³/mol. The minimum Gasteiger partial charge on any atom is -0.491 e. The fourth-order valence-electron chi connectivity index (χ4n) is 5.04. The van der Waals surface area contributed by atoms with Crippen molar-refractivity contribution in [3.8, 4) is 5.75 Å². The van der Waals surface area contributed by atoms with Crippen LogP contribution in [0.3, 0.4) is 0 Å². The highest BCUT2D eigenvalue weighted by atomic mass is 16.5. The van der Waals surface area contributed by atoms with Crippen LogP contribution < -0.4 is 4.74 Å². The number of β-amino-alcohol motifs (C(OH)–C–C–N with tert-alkyl or cyclic N) is 1. The molecular weight excluding hydrogens is 348 g/mol. The normalized spacial score (nSPS) is 20.1. The van der Waals surface area contributed by atoms with Gasteiger partial charge in [-0.05, 0) is 56.0 Å². The molecule has 1 aliphatic heterocycles. The van der Waals surface area contributed by atoms with E-state index in [2.05, 4.69) is 34.6 Å². The largest absolute Gasteiger partial charge is 0.491 e. The molecule has 2 atom stereocenters. The van der Waals surface area contributed by atoms with Gasteiger partial charge < -0.3 is 14.4 Å². The zero-order valence-corrected chi connectivity index (χ0v) is 16.5. The van der Waals surface area contributed by atoms with Crippen molar-refractivity contribution < 1.29 is 9.84 Å². The molecule has 0 spiro atoms. The van der Waals surface area contributed by atoms with Gasteiger partial charge >= 0.3 is 0 Å². The third kappa shape index (κ3) is 3.11. The Morgan fingerprint density at radius 1 is 1.14 bits per heavy atom. The highest BCUT2D eigenvalue weighted by molar-refractivity contribution is 5.87. The van der Waals surface area contributed by atoms with Gasteiger partial charge in [0.1, 0.15) is 18.5 Å². The lowest BCUT2D eigenvalue weighted by Gasteiger charge is -2.40. The van der Waals surface area contributed by atoms with E-state index in [1.54, 1.807) is 0 Å². The lowest BCUT2D eigenvalue weighted by molar-refractivity contribution is 0.0375. The van der Waals surface area contributed by atoms with Crippen LogP contribution in [0, 0.1) is 6.92 Å². The minimum atomic E-state index is -0.483. The topological polar surface area (TPSA) is 37.6 Å². The quantitative estimate of drug-likeness (QED) is 0.729. The molecule has 5 rings (SSSR count). The van der Waals surface area contributed by atoms with E-state index >= 15 is 0 Å². The van der Waals surface area contributed by atoms with Crippen LogP contribution in [-0.4, -0.2) is 40.4 Å². The summed E-state index contributed by atoms with van der Waals surface area (Å²) in [4.78, 5) is 2.47. The molecule has 0 unspecified atom stereocenters. The summed E-state index contributed by atoms with van der Waals surface area (Å²) in [5.41, 5.74) is 5.75. The number of hydrogen-bond donors (Lipinski definition) is 1. The molecular formula is C24H28N2O2. The third-order valence-corrected chi connectivity index (χ3v) is 6.27. The number of nitrogens with zero attached hydrogens (tertiary/aromatic N) is 2. The molecule has 0 fully saturated rings. The summed E-state index contributed by atoms with van der Waals surface area (Å²) in [6.07, 6.45) is 3.09. The number of para-hydroxylation sites is 1. The van der Waals surface area contributed by atoms with E-state index in [-0.39, 0.29) is 0 Å². The first-order chi connectivity index (χ1) is 13.7. The maximum atomic E-state index is 10.6. The molecule has 0 saturated heterocycles. The van der Waals surface area contributed by atoms with Crippen LogP contribution in [-0.2, 0) is 13.0 Å². The monoisotopic (exact) mass is 376 g/mol. The van der Waals surface area contributed by atoms with E-state index in [0.717, 1.165) is 18.8 Å². The minimum absolute atomic E-state index is 0.336. The third-order valence-electron chi connectivity index (χ3n) is 6.27. The maximum Gasteiger partial charge on any atom is 0.119 e. The van der Waals surface area contributed by atoms with Gasteiger partial charge in [0.15, 0.2) is 0 Å². The summed E-state index contributed by atoms with van der Waals surface area (Å²) in [5, 5.41) is 12.1. The lowest BCUT2D eigenvalue weighted by atomic mass is 9.89. The van der Waals surface area contributed by atoms with Gasteiger partial charge in [0.25, 0.3) is 0 Å². The molecule has 1 aromatic heterocycles. The Balaban J connectivity index is 1.36. The van der Waals surface area contributed by atoms with E-state index in [1.165, 1.54) is 47.0 Å². The Labute approximate surface area is 166 Å². The summed E-state index contributed by atoms with van der Waals surface area (Å²) < 4.78 is 8.30. The van der Waals surface area contributed by atoms with Crippen LogP contribution >= 0.6 is 0 Å². The second-order valence-corrected chi connectivity index (χ2v) is 8.22. The molecule has 0 bridgehead atoms. The van der Waals surface area contributed by atoms with Crippen LogP contribution in [0.15, 0.2) is 48.5 Å². The first kappa shape index (κ1) is 17.8. The van der Waals surface area contributed by atoms with Crippen molar-refractivity contribution in [2.45, 2.75) is 44.9 Å². The van der Waals surface area contributed by atoms with Crippen molar-refractivity contribution in [3.05, 3.63) is 65.4 Å². The summed E-state index contributed by atoms with van der Waals surface area (Å²) in [5.74, 6) is 0.815. The number of aliphatic hydroxyl groups is 1. The number of ether oxygens (including phenoxy) is 1. The molecule has 3 aromatic rings. The molecule has 1 aliphatic carbocycles. The van der Waals surface area contributed by atoms with E-state index in [4.69, 9.17) is 4.74 Å². The lowest BCUT2D eigenvalue weighted by Crippen LogP contribution is -2.44. The van der Waals surface area contributed by atoms with Crippen LogP contribution in [0.4, 0.5) is 0 Å². The average molecular weight is 377 g/mol. The van der Waals surface area contributed by atoms with E-state index < -0.39 is 6.10 Å². The second kappa shape index (κ2) is 7.26. The molecule has 0 amide bonds. The SMILES string of the molecule is Cc1ccc2c(c1)c1c3n2CCN(C[C@H](O)COc2ccccc2)[C@@H]3CCC1. The van der Waals surface area contributed by atoms with Crippen molar-refractivity contribution in [3.63, 3.8) is 0 Å². The fraction of sp³-hybridized carbons (Fsp3) is 0.417. The zero-order chi connectivity index (χ0) is 19.1. The standard InChI is InChI=1S/C24H28N2O2/c1-17-10-11-22-21(14-17)20-8-5-9-23-24(20)26(22)13-12-25(23)15-18(27)16-28-19-6-3-2-4-7-19/h2-4,6-7,10-11,14,18,23,27H,5,8-9,12-13,15-16H2,1H3/t18-,23+/m0/s1. The Morgan fingerprint density at radius 3 is 2.86 bits per heavy atom. The van der Waals surface area contributed by atoms with E-state index in [9.17, 15) is 5.11 Å². The van der Waals surface area contributed by atoms with Crippen molar-refractivity contribution in [1.82, 2.24) is 9.47 Å². The molecule has 4 heteroatoms. The Hall–Kier alpha value is -2.30. The number of aromatic nitrogens is 1. The second-order valence-electron chi connectivity index (χ2n) is 8.22. The van der Waals surface area contributed by atoms with Crippen LogP contribution in [0.5, 0.6) is 5.75 Å². The number of benzene rings is 2. The van der Waals surface area contributed by atoms with E-state index in [0.29, 0.717) is 19.2 Å². The van der Waals surface area contributed by atoms with Gasteiger partial charge in [0.2, 0.25) is 0 Å². The molecule has 28 heavy (non-hydrogen) atoms. The van der Waals surface area contributed by atoms with Gasteiger partial charge in [0, 0.05) is 36.2 Å². The highest BCUT2D eigenvalue weighted by Crippen LogP contribution is 2.42. The fourth-order valence-corrected chi connectivity index (χ4v) is 5.04. The number of aliphatic hydroxyl groups excluding tert-OH is 1. The van der Waals surface area contributed by atoms with Crippen molar-refractivity contribution in [2.75, 3.05) is 19.7 Å².